The van der Waals surface area contributed by atoms with E-state index < -0.39 is 0 Å². The van der Waals surface area contributed by atoms with Crippen LogP contribution in [-0.2, 0) is 6.54 Å². The average molecular weight is 299 g/mol. The van der Waals surface area contributed by atoms with Gasteiger partial charge in [-0.3, -0.25) is 9.58 Å². The van der Waals surface area contributed by atoms with E-state index in [1.54, 1.807) is 0 Å². The lowest BCUT2D eigenvalue weighted by Crippen LogP contribution is -2.36. The predicted molar refractivity (Wildman–Crippen MR) is 83.1 cm³/mol. The summed E-state index contributed by atoms with van der Waals surface area (Å²) in [4.78, 5) is 2.49. The van der Waals surface area contributed by atoms with Crippen LogP contribution in [0, 0.1) is 6.92 Å². The molecule has 2 aliphatic heterocycles. The number of aryl methyl sites for hydroxylation is 1. The third kappa shape index (κ3) is 2.57. The first-order valence-corrected chi connectivity index (χ1v) is 7.90. The maximum absolute atomic E-state index is 5.62. The molecule has 0 unspecified atom stereocenters. The van der Waals surface area contributed by atoms with Crippen molar-refractivity contribution in [2.45, 2.75) is 32.4 Å². The number of benzene rings is 1. The van der Waals surface area contributed by atoms with Crippen molar-refractivity contribution in [2.24, 2.45) is 0 Å². The molecule has 0 spiro atoms. The van der Waals surface area contributed by atoms with E-state index in [0.717, 1.165) is 31.1 Å². The van der Waals surface area contributed by atoms with Crippen LogP contribution in [0.5, 0.6) is 11.5 Å². The Morgan fingerprint density at radius 1 is 1.32 bits per heavy atom. The minimum Gasteiger partial charge on any atom is -0.454 e. The van der Waals surface area contributed by atoms with Gasteiger partial charge in [-0.1, -0.05) is 12.1 Å². The van der Waals surface area contributed by atoms with Crippen LogP contribution in [0.4, 0.5) is 0 Å². The Labute approximate surface area is 130 Å². The Morgan fingerprint density at radius 3 is 3.14 bits per heavy atom. The summed E-state index contributed by atoms with van der Waals surface area (Å²) >= 11 is 0. The van der Waals surface area contributed by atoms with Gasteiger partial charge >= 0.3 is 0 Å². The SMILES string of the molecule is Cc1cnn([C@H]2CCCN(Cc3cccc4c3OCO4)C2)c1. The molecule has 2 aliphatic rings. The van der Waals surface area contributed by atoms with Gasteiger partial charge < -0.3 is 9.47 Å². The molecule has 0 amide bonds. The van der Waals surface area contributed by atoms with Gasteiger partial charge in [-0.15, -0.1) is 0 Å². The highest BCUT2D eigenvalue weighted by atomic mass is 16.7. The monoisotopic (exact) mass is 299 g/mol. The Bertz CT molecular complexity index is 668. The van der Waals surface area contributed by atoms with E-state index in [-0.39, 0.29) is 0 Å². The number of nitrogens with zero attached hydrogens (tertiary/aromatic N) is 3. The maximum atomic E-state index is 5.62. The number of fused-ring (bicyclic) bond motifs is 1. The van der Waals surface area contributed by atoms with E-state index in [9.17, 15) is 0 Å². The molecule has 0 saturated carbocycles. The molecule has 116 valence electrons. The highest BCUT2D eigenvalue weighted by Gasteiger charge is 2.24. The first-order chi connectivity index (χ1) is 10.8. The smallest absolute Gasteiger partial charge is 0.231 e. The van der Waals surface area contributed by atoms with Crippen LogP contribution in [0.1, 0.15) is 30.0 Å². The van der Waals surface area contributed by atoms with Crippen molar-refractivity contribution in [1.29, 1.82) is 0 Å². The molecule has 1 atom stereocenters. The number of piperidine rings is 1. The molecule has 1 fully saturated rings. The van der Waals surface area contributed by atoms with E-state index >= 15 is 0 Å². The van der Waals surface area contributed by atoms with Crippen molar-refractivity contribution in [3.63, 3.8) is 0 Å². The number of likely N-dealkylation sites (tertiary alicyclic amines) is 1. The molecule has 0 bridgehead atoms. The summed E-state index contributed by atoms with van der Waals surface area (Å²) in [5.41, 5.74) is 2.44. The van der Waals surface area contributed by atoms with Crippen LogP contribution in [0.25, 0.3) is 0 Å². The molecule has 1 saturated heterocycles. The first-order valence-electron chi connectivity index (χ1n) is 7.90. The molecule has 0 N–H and O–H groups in total. The van der Waals surface area contributed by atoms with Crippen molar-refractivity contribution in [3.05, 3.63) is 41.7 Å². The standard InChI is InChI=1S/C17H21N3O2/c1-13-8-18-20(9-13)15-5-3-7-19(11-15)10-14-4-2-6-16-17(14)22-12-21-16/h2,4,6,8-9,15H,3,5,7,10-12H2,1H3/t15-/m0/s1. The van der Waals surface area contributed by atoms with Crippen molar-refractivity contribution in [1.82, 2.24) is 14.7 Å². The third-order valence-electron chi connectivity index (χ3n) is 4.46. The Hall–Kier alpha value is -2.01. The molecule has 5 nitrogen and oxygen atoms in total. The largest absolute Gasteiger partial charge is 0.454 e. The molecule has 3 heterocycles. The van der Waals surface area contributed by atoms with E-state index in [2.05, 4.69) is 33.9 Å². The molecule has 0 aliphatic carbocycles. The quantitative estimate of drug-likeness (QED) is 0.873. The summed E-state index contributed by atoms with van der Waals surface area (Å²) in [6.45, 7) is 5.49. The zero-order chi connectivity index (χ0) is 14.9. The molecule has 1 aromatic heterocycles. The second-order valence-corrected chi connectivity index (χ2v) is 6.18. The van der Waals surface area contributed by atoms with E-state index in [0.29, 0.717) is 12.8 Å². The fourth-order valence-electron chi connectivity index (χ4n) is 3.38. The predicted octanol–water partition coefficient (Wildman–Crippen LogP) is 2.76. The molecule has 4 rings (SSSR count). The summed E-state index contributed by atoms with van der Waals surface area (Å²) in [6, 6.07) is 6.62. The summed E-state index contributed by atoms with van der Waals surface area (Å²) in [6.07, 6.45) is 6.49. The topological polar surface area (TPSA) is 39.5 Å². The molecule has 1 aromatic carbocycles. The number of rotatable bonds is 3. The highest BCUT2D eigenvalue weighted by molar-refractivity contribution is 5.48. The average Bonchev–Trinajstić information content (AvgIpc) is 3.17. The Kier molecular flexibility index (Phi) is 3.50. The summed E-state index contributed by atoms with van der Waals surface area (Å²) < 4.78 is 13.2. The van der Waals surface area contributed by atoms with Gasteiger partial charge in [0.25, 0.3) is 0 Å². The van der Waals surface area contributed by atoms with Crippen molar-refractivity contribution in [2.75, 3.05) is 19.9 Å². The van der Waals surface area contributed by atoms with Gasteiger partial charge in [-0.05, 0) is 37.9 Å². The minimum atomic E-state index is 0.335. The van der Waals surface area contributed by atoms with Gasteiger partial charge in [0.15, 0.2) is 11.5 Å². The van der Waals surface area contributed by atoms with Crippen LogP contribution in [0.3, 0.4) is 0 Å². The summed E-state index contributed by atoms with van der Waals surface area (Å²) in [5.74, 6) is 1.79. The molecular weight excluding hydrogens is 278 g/mol. The lowest BCUT2D eigenvalue weighted by molar-refractivity contribution is 0.156. The third-order valence-corrected chi connectivity index (χ3v) is 4.46. The number of aromatic nitrogens is 2. The van der Waals surface area contributed by atoms with Crippen LogP contribution >= 0.6 is 0 Å². The Balaban J connectivity index is 1.48. The molecule has 2 aromatic rings. The number of para-hydroxylation sites is 1. The number of hydrogen-bond acceptors (Lipinski definition) is 4. The number of hydrogen-bond donors (Lipinski definition) is 0. The van der Waals surface area contributed by atoms with Gasteiger partial charge in [0.05, 0.1) is 12.2 Å². The minimum absolute atomic E-state index is 0.335. The van der Waals surface area contributed by atoms with Crippen molar-refractivity contribution in [3.8, 4) is 11.5 Å². The number of ether oxygens (including phenoxy) is 2. The van der Waals surface area contributed by atoms with Crippen molar-refractivity contribution < 1.29 is 9.47 Å². The lowest BCUT2D eigenvalue weighted by Gasteiger charge is -2.33. The Morgan fingerprint density at radius 2 is 2.27 bits per heavy atom. The normalized spacial score (nSPS) is 21.2. The van der Waals surface area contributed by atoms with E-state index in [4.69, 9.17) is 9.47 Å². The van der Waals surface area contributed by atoms with Crippen LogP contribution < -0.4 is 9.47 Å². The zero-order valence-corrected chi connectivity index (χ0v) is 12.9. The fourth-order valence-corrected chi connectivity index (χ4v) is 3.38. The van der Waals surface area contributed by atoms with Crippen LogP contribution in [-0.4, -0.2) is 34.6 Å². The van der Waals surface area contributed by atoms with Gasteiger partial charge in [0.1, 0.15) is 0 Å². The molecule has 22 heavy (non-hydrogen) atoms. The van der Waals surface area contributed by atoms with Crippen molar-refractivity contribution >= 4 is 0 Å². The second kappa shape index (κ2) is 5.65. The van der Waals surface area contributed by atoms with Gasteiger partial charge in [0, 0.05) is 24.8 Å². The van der Waals surface area contributed by atoms with Gasteiger partial charge in [-0.25, -0.2) is 0 Å². The van der Waals surface area contributed by atoms with Crippen LogP contribution in [0.2, 0.25) is 0 Å². The second-order valence-electron chi connectivity index (χ2n) is 6.18. The lowest BCUT2D eigenvalue weighted by atomic mass is 10.0. The van der Waals surface area contributed by atoms with Gasteiger partial charge in [0.2, 0.25) is 6.79 Å². The van der Waals surface area contributed by atoms with Gasteiger partial charge in [-0.2, -0.15) is 5.10 Å². The molecule has 5 heteroatoms. The molecule has 0 radical (unpaired) electrons. The fraction of sp³-hybridized carbons (Fsp3) is 0.471. The van der Waals surface area contributed by atoms with E-state index in [1.165, 1.54) is 24.0 Å². The molecular formula is C17H21N3O2. The van der Waals surface area contributed by atoms with Crippen LogP contribution in [0.15, 0.2) is 30.6 Å². The van der Waals surface area contributed by atoms with E-state index in [1.807, 2.05) is 18.3 Å². The zero-order valence-electron chi connectivity index (χ0n) is 12.9. The first kappa shape index (κ1) is 13.6. The highest BCUT2D eigenvalue weighted by Crippen LogP contribution is 2.36. The summed E-state index contributed by atoms with van der Waals surface area (Å²) in [7, 11) is 0. The summed E-state index contributed by atoms with van der Waals surface area (Å²) in [5, 5.41) is 4.48. The maximum Gasteiger partial charge on any atom is 0.231 e.